The molecule has 116 valence electrons. The monoisotopic (exact) mass is 298 g/mol. The summed E-state index contributed by atoms with van der Waals surface area (Å²) >= 11 is 0. The molecular weight excluding hydrogens is 280 g/mol. The molecule has 0 saturated heterocycles. The first kappa shape index (κ1) is 16.7. The highest BCUT2D eigenvalue weighted by molar-refractivity contribution is 5.99. The lowest BCUT2D eigenvalue weighted by Crippen LogP contribution is -2.26. The van der Waals surface area contributed by atoms with Gasteiger partial charge in [0.25, 0.3) is 11.6 Å². The molecule has 1 amide bonds. The van der Waals surface area contributed by atoms with Gasteiger partial charge in [0.2, 0.25) is 0 Å². The Hall–Kier alpha value is -2.35. The molecule has 1 rings (SSSR count). The highest BCUT2D eigenvalue weighted by Crippen LogP contribution is 2.34. The molecule has 0 heterocycles. The van der Waals surface area contributed by atoms with Gasteiger partial charge in [-0.3, -0.25) is 14.9 Å². The number of rotatable bonds is 8. The van der Waals surface area contributed by atoms with Gasteiger partial charge in [-0.25, -0.2) is 0 Å². The van der Waals surface area contributed by atoms with E-state index in [1.807, 2.05) is 0 Å². The number of carbonyl (C=O) groups is 1. The first-order chi connectivity index (χ1) is 10.0. The second kappa shape index (κ2) is 8.05. The Morgan fingerprint density at radius 3 is 2.38 bits per heavy atom. The predicted octanol–water partition coefficient (Wildman–Crippen LogP) is 1.38. The number of hydrogen-bond acceptors (Lipinski definition) is 6. The van der Waals surface area contributed by atoms with Crippen LogP contribution in [0.1, 0.15) is 16.8 Å². The van der Waals surface area contributed by atoms with Crippen molar-refractivity contribution in [1.29, 1.82) is 0 Å². The van der Waals surface area contributed by atoms with Crippen molar-refractivity contribution >= 4 is 11.6 Å². The highest BCUT2D eigenvalue weighted by atomic mass is 16.6. The molecule has 21 heavy (non-hydrogen) atoms. The molecule has 0 fully saturated rings. The molecule has 8 heteroatoms. The van der Waals surface area contributed by atoms with Crippen LogP contribution >= 0.6 is 0 Å². The van der Waals surface area contributed by atoms with E-state index in [2.05, 4.69) is 5.32 Å². The van der Waals surface area contributed by atoms with E-state index < -0.39 is 10.8 Å². The fraction of sp³-hybridized carbons (Fsp3) is 0.462. The van der Waals surface area contributed by atoms with Gasteiger partial charge in [0.05, 0.1) is 25.2 Å². The van der Waals surface area contributed by atoms with Crippen LogP contribution in [0.15, 0.2) is 12.1 Å². The van der Waals surface area contributed by atoms with Crippen LogP contribution in [0.3, 0.4) is 0 Å². The molecule has 0 aliphatic carbocycles. The van der Waals surface area contributed by atoms with Crippen LogP contribution in [0.4, 0.5) is 5.69 Å². The number of methoxy groups -OCH3 is 3. The number of nitro benzene ring substituents is 1. The molecule has 0 bridgehead atoms. The van der Waals surface area contributed by atoms with Gasteiger partial charge in [-0.05, 0) is 6.42 Å². The van der Waals surface area contributed by atoms with Crippen molar-refractivity contribution in [3.63, 3.8) is 0 Å². The fourth-order valence-electron chi connectivity index (χ4n) is 1.71. The number of nitro groups is 1. The van der Waals surface area contributed by atoms with Crippen molar-refractivity contribution in [3.8, 4) is 11.5 Å². The number of nitrogens with one attached hydrogen (secondary N) is 1. The van der Waals surface area contributed by atoms with Crippen molar-refractivity contribution in [3.05, 3.63) is 27.8 Å². The first-order valence-electron chi connectivity index (χ1n) is 6.22. The van der Waals surface area contributed by atoms with Crippen LogP contribution in [-0.2, 0) is 4.74 Å². The normalized spacial score (nSPS) is 10.0. The molecule has 0 radical (unpaired) electrons. The molecule has 8 nitrogen and oxygen atoms in total. The fourth-order valence-corrected chi connectivity index (χ4v) is 1.71. The zero-order valence-electron chi connectivity index (χ0n) is 12.2. The van der Waals surface area contributed by atoms with E-state index in [-0.39, 0.29) is 22.7 Å². The Labute approximate surface area is 122 Å². The smallest absolute Gasteiger partial charge is 0.286 e. The summed E-state index contributed by atoms with van der Waals surface area (Å²) in [6.45, 7) is 0.854. The largest absolute Gasteiger partial charge is 0.493 e. The van der Waals surface area contributed by atoms with Gasteiger partial charge >= 0.3 is 0 Å². The molecule has 0 atom stereocenters. The van der Waals surface area contributed by atoms with Gasteiger partial charge in [-0.1, -0.05) is 0 Å². The number of ether oxygens (including phenoxy) is 3. The van der Waals surface area contributed by atoms with Gasteiger partial charge in [-0.15, -0.1) is 0 Å². The van der Waals surface area contributed by atoms with Crippen molar-refractivity contribution in [2.24, 2.45) is 0 Å². The summed E-state index contributed by atoms with van der Waals surface area (Å²) in [7, 11) is 4.32. The SMILES string of the molecule is COCCCNC(=O)c1cc(OC)c(OC)cc1[N+](=O)[O-]. The average molecular weight is 298 g/mol. The van der Waals surface area contributed by atoms with Gasteiger partial charge in [-0.2, -0.15) is 0 Å². The van der Waals surface area contributed by atoms with Crippen LogP contribution in [0.2, 0.25) is 0 Å². The number of nitrogens with zero attached hydrogens (tertiary/aromatic N) is 1. The van der Waals surface area contributed by atoms with E-state index in [1.54, 1.807) is 7.11 Å². The first-order valence-corrected chi connectivity index (χ1v) is 6.22. The molecule has 0 unspecified atom stereocenters. The second-order valence-corrected chi connectivity index (χ2v) is 4.08. The number of hydrogen-bond donors (Lipinski definition) is 1. The number of benzene rings is 1. The summed E-state index contributed by atoms with van der Waals surface area (Å²) in [4.78, 5) is 22.5. The van der Waals surface area contributed by atoms with Gasteiger partial charge in [0.15, 0.2) is 11.5 Å². The van der Waals surface area contributed by atoms with Crippen molar-refractivity contribution < 1.29 is 23.9 Å². The zero-order valence-corrected chi connectivity index (χ0v) is 12.2. The average Bonchev–Trinajstić information content (AvgIpc) is 2.49. The van der Waals surface area contributed by atoms with Gasteiger partial charge < -0.3 is 19.5 Å². The minimum atomic E-state index is -0.633. The molecule has 1 N–H and O–H groups in total. The maximum atomic E-state index is 12.0. The summed E-state index contributed by atoms with van der Waals surface area (Å²) in [5, 5.41) is 13.7. The number of amides is 1. The third kappa shape index (κ3) is 4.32. The predicted molar refractivity (Wildman–Crippen MR) is 75.0 cm³/mol. The topological polar surface area (TPSA) is 99.9 Å². The molecule has 0 aliphatic rings. The Bertz CT molecular complexity index is 518. The lowest BCUT2D eigenvalue weighted by Gasteiger charge is -2.10. The van der Waals surface area contributed by atoms with Crippen molar-refractivity contribution in [2.75, 3.05) is 34.5 Å². The molecule has 0 spiro atoms. The van der Waals surface area contributed by atoms with E-state index in [9.17, 15) is 14.9 Å². The maximum Gasteiger partial charge on any atom is 0.286 e. The summed E-state index contributed by atoms with van der Waals surface area (Å²) in [6.07, 6.45) is 0.614. The Morgan fingerprint density at radius 1 is 1.24 bits per heavy atom. The molecular formula is C13H18N2O6. The summed E-state index contributed by atoms with van der Waals surface area (Å²) in [5.74, 6) is -0.0935. The Kier molecular flexibility index (Phi) is 6.41. The minimum absolute atomic E-state index is 0.0740. The van der Waals surface area contributed by atoms with Crippen LogP contribution in [0.5, 0.6) is 11.5 Å². The quantitative estimate of drug-likeness (QED) is 0.442. The maximum absolute atomic E-state index is 12.0. The van der Waals surface area contributed by atoms with Crippen LogP contribution in [-0.4, -0.2) is 45.3 Å². The van der Waals surface area contributed by atoms with Crippen molar-refractivity contribution in [1.82, 2.24) is 5.32 Å². The lowest BCUT2D eigenvalue weighted by atomic mass is 10.1. The third-order valence-corrected chi connectivity index (χ3v) is 2.75. The van der Waals surface area contributed by atoms with E-state index in [1.165, 1.54) is 26.4 Å². The van der Waals surface area contributed by atoms with Crippen LogP contribution < -0.4 is 14.8 Å². The molecule has 0 saturated carbocycles. The summed E-state index contributed by atoms with van der Waals surface area (Å²) in [6, 6.07) is 2.46. The lowest BCUT2D eigenvalue weighted by molar-refractivity contribution is -0.385. The molecule has 1 aromatic rings. The minimum Gasteiger partial charge on any atom is -0.493 e. The molecule has 0 aliphatic heterocycles. The third-order valence-electron chi connectivity index (χ3n) is 2.75. The Balaban J connectivity index is 3.03. The molecule has 0 aromatic heterocycles. The van der Waals surface area contributed by atoms with E-state index in [4.69, 9.17) is 14.2 Å². The molecule has 1 aromatic carbocycles. The second-order valence-electron chi connectivity index (χ2n) is 4.08. The van der Waals surface area contributed by atoms with E-state index in [0.29, 0.717) is 19.6 Å². The Morgan fingerprint density at radius 2 is 1.86 bits per heavy atom. The summed E-state index contributed by atoms with van der Waals surface area (Å²) in [5.41, 5.74) is -0.410. The van der Waals surface area contributed by atoms with Crippen LogP contribution in [0.25, 0.3) is 0 Å². The van der Waals surface area contributed by atoms with Crippen molar-refractivity contribution in [2.45, 2.75) is 6.42 Å². The number of carbonyl (C=O) groups excluding carboxylic acids is 1. The van der Waals surface area contributed by atoms with Crippen LogP contribution in [0, 0.1) is 10.1 Å². The zero-order chi connectivity index (χ0) is 15.8. The van der Waals surface area contributed by atoms with Gasteiger partial charge in [0, 0.05) is 26.3 Å². The van der Waals surface area contributed by atoms with Gasteiger partial charge in [0.1, 0.15) is 5.56 Å². The van der Waals surface area contributed by atoms with E-state index >= 15 is 0 Å². The summed E-state index contributed by atoms with van der Waals surface area (Å²) < 4.78 is 14.9. The highest BCUT2D eigenvalue weighted by Gasteiger charge is 2.24. The van der Waals surface area contributed by atoms with E-state index in [0.717, 1.165) is 0 Å². The standard InChI is InChI=1S/C13H18N2O6/c1-19-6-4-5-14-13(16)9-7-11(20-2)12(21-3)8-10(9)15(17)18/h7-8H,4-6H2,1-3H3,(H,14,16).